The molecule has 2 atom stereocenters. The lowest BCUT2D eigenvalue weighted by Gasteiger charge is -2.20. The predicted molar refractivity (Wildman–Crippen MR) is 227 cm³/mol. The summed E-state index contributed by atoms with van der Waals surface area (Å²) in [5.41, 5.74) is 0. The monoisotopic (exact) mass is 746 g/mol. The molecular weight excluding hydrogens is 659 g/mol. The zero-order chi connectivity index (χ0) is 38.7. The molecule has 6 nitrogen and oxygen atoms in total. The topological polar surface area (TPSA) is 95.9 Å². The molecule has 0 radical (unpaired) electrons. The summed E-state index contributed by atoms with van der Waals surface area (Å²) in [5.74, 6) is -0.131. The van der Waals surface area contributed by atoms with Crippen LogP contribution in [0.15, 0.2) is 36.5 Å². The first-order valence-electron chi connectivity index (χ1n) is 22.8. The van der Waals surface area contributed by atoms with E-state index in [-0.39, 0.29) is 18.5 Å². The second-order valence-electron chi connectivity index (χ2n) is 15.4. The average molecular weight is 746 g/mol. The van der Waals surface area contributed by atoms with Crippen molar-refractivity contribution in [3.8, 4) is 0 Å². The van der Waals surface area contributed by atoms with Gasteiger partial charge in [-0.3, -0.25) is 9.59 Å². The minimum Gasteiger partial charge on any atom is -0.466 e. The van der Waals surface area contributed by atoms with Crippen molar-refractivity contribution < 1.29 is 24.5 Å². The molecule has 3 N–H and O–H groups in total. The third-order valence-electron chi connectivity index (χ3n) is 10.2. The fraction of sp³-hybridized carbons (Fsp3) is 0.830. The molecule has 1 amide bonds. The van der Waals surface area contributed by atoms with Crippen LogP contribution in [0.5, 0.6) is 0 Å². The Labute approximate surface area is 328 Å². The first kappa shape index (κ1) is 51.1. The maximum atomic E-state index is 12.4. The van der Waals surface area contributed by atoms with Crippen molar-refractivity contribution in [2.75, 3.05) is 13.2 Å². The van der Waals surface area contributed by atoms with Gasteiger partial charge in [0, 0.05) is 12.8 Å². The Hall–Kier alpha value is -1.92. The number of allylic oxidation sites excluding steroid dienone is 5. The van der Waals surface area contributed by atoms with Crippen molar-refractivity contribution in [3.63, 3.8) is 0 Å². The molecule has 0 aromatic carbocycles. The quantitative estimate of drug-likeness (QED) is 0.0329. The first-order chi connectivity index (χ1) is 26.0. The number of hydrogen-bond acceptors (Lipinski definition) is 5. The molecule has 0 heterocycles. The van der Waals surface area contributed by atoms with E-state index >= 15 is 0 Å². The lowest BCUT2D eigenvalue weighted by molar-refractivity contribution is -0.143. The zero-order valence-electron chi connectivity index (χ0n) is 35.0. The molecule has 0 saturated carbocycles. The van der Waals surface area contributed by atoms with Crippen LogP contribution in [0.2, 0.25) is 0 Å². The average Bonchev–Trinajstić information content (AvgIpc) is 3.16. The van der Waals surface area contributed by atoms with E-state index in [9.17, 15) is 19.8 Å². The first-order valence-corrected chi connectivity index (χ1v) is 22.8. The van der Waals surface area contributed by atoms with E-state index in [1.165, 1.54) is 128 Å². The SMILES string of the molecule is CCCC/C=C\C/C=C\CCCCCCCC(=O)OCCCCCCCCCCCCC(=O)NC(CO)C(O)/C=C/CCCCCCCCCCCC. The van der Waals surface area contributed by atoms with Gasteiger partial charge in [-0.05, 0) is 57.8 Å². The molecule has 53 heavy (non-hydrogen) atoms. The van der Waals surface area contributed by atoms with Crippen LogP contribution in [0.25, 0.3) is 0 Å². The van der Waals surface area contributed by atoms with Crippen LogP contribution in [0.3, 0.4) is 0 Å². The molecule has 0 aliphatic heterocycles. The Balaban J connectivity index is 3.54. The summed E-state index contributed by atoms with van der Waals surface area (Å²) in [7, 11) is 0. The summed E-state index contributed by atoms with van der Waals surface area (Å²) in [6.45, 7) is 4.78. The molecule has 0 fully saturated rings. The predicted octanol–water partition coefficient (Wildman–Crippen LogP) is 12.9. The Morgan fingerprint density at radius 1 is 0.528 bits per heavy atom. The van der Waals surface area contributed by atoms with Crippen LogP contribution in [-0.2, 0) is 14.3 Å². The summed E-state index contributed by atoms with van der Waals surface area (Å²) in [4.78, 5) is 24.4. The molecule has 0 aliphatic rings. The fourth-order valence-electron chi connectivity index (χ4n) is 6.59. The van der Waals surface area contributed by atoms with Crippen LogP contribution in [-0.4, -0.2) is 47.4 Å². The van der Waals surface area contributed by atoms with Gasteiger partial charge in [-0.25, -0.2) is 0 Å². The molecule has 0 aromatic rings. The number of amides is 1. The summed E-state index contributed by atoms with van der Waals surface area (Å²) >= 11 is 0. The van der Waals surface area contributed by atoms with Gasteiger partial charge < -0.3 is 20.3 Å². The second kappa shape index (κ2) is 42.8. The number of unbranched alkanes of at least 4 members (excludes halogenated alkanes) is 26. The Kier molecular flexibility index (Phi) is 41.3. The molecular formula is C47H87NO5. The number of aliphatic hydroxyl groups excluding tert-OH is 2. The molecule has 0 rings (SSSR count). The number of ether oxygens (including phenoxy) is 1. The van der Waals surface area contributed by atoms with Crippen LogP contribution < -0.4 is 5.32 Å². The van der Waals surface area contributed by atoms with E-state index < -0.39 is 12.1 Å². The maximum absolute atomic E-state index is 12.4. The number of carbonyl (C=O) groups is 2. The highest BCUT2D eigenvalue weighted by Gasteiger charge is 2.18. The highest BCUT2D eigenvalue weighted by molar-refractivity contribution is 5.76. The van der Waals surface area contributed by atoms with Gasteiger partial charge in [-0.2, -0.15) is 0 Å². The van der Waals surface area contributed by atoms with Crippen molar-refractivity contribution in [2.24, 2.45) is 0 Å². The Bertz CT molecular complexity index is 869. The molecule has 0 saturated heterocycles. The summed E-state index contributed by atoms with van der Waals surface area (Å²) in [6, 6.07) is -0.644. The molecule has 2 unspecified atom stereocenters. The smallest absolute Gasteiger partial charge is 0.305 e. The van der Waals surface area contributed by atoms with Gasteiger partial charge in [0.1, 0.15) is 0 Å². The van der Waals surface area contributed by atoms with Crippen LogP contribution >= 0.6 is 0 Å². The largest absolute Gasteiger partial charge is 0.466 e. The lowest BCUT2D eigenvalue weighted by atomic mass is 10.0. The van der Waals surface area contributed by atoms with Gasteiger partial charge >= 0.3 is 5.97 Å². The molecule has 0 spiro atoms. The molecule has 0 aliphatic carbocycles. The van der Waals surface area contributed by atoms with Gasteiger partial charge in [0.15, 0.2) is 0 Å². The molecule has 6 heteroatoms. The number of carbonyl (C=O) groups excluding carboxylic acids is 2. The van der Waals surface area contributed by atoms with Gasteiger partial charge in [-0.1, -0.05) is 192 Å². The van der Waals surface area contributed by atoms with Crippen LogP contribution in [0.4, 0.5) is 0 Å². The Morgan fingerprint density at radius 3 is 1.49 bits per heavy atom. The van der Waals surface area contributed by atoms with Crippen molar-refractivity contribution >= 4 is 11.9 Å². The third kappa shape index (κ3) is 39.6. The van der Waals surface area contributed by atoms with Gasteiger partial charge in [0.2, 0.25) is 5.91 Å². The Morgan fingerprint density at radius 2 is 0.962 bits per heavy atom. The number of esters is 1. The van der Waals surface area contributed by atoms with Crippen molar-refractivity contribution in [1.82, 2.24) is 5.32 Å². The zero-order valence-corrected chi connectivity index (χ0v) is 35.0. The fourth-order valence-corrected chi connectivity index (χ4v) is 6.59. The van der Waals surface area contributed by atoms with E-state index in [2.05, 4.69) is 43.5 Å². The molecule has 0 bridgehead atoms. The van der Waals surface area contributed by atoms with E-state index in [1.54, 1.807) is 6.08 Å². The highest BCUT2D eigenvalue weighted by Crippen LogP contribution is 2.14. The third-order valence-corrected chi connectivity index (χ3v) is 10.2. The van der Waals surface area contributed by atoms with Crippen molar-refractivity contribution in [2.45, 2.75) is 238 Å². The van der Waals surface area contributed by atoms with Crippen LogP contribution in [0, 0.1) is 0 Å². The second-order valence-corrected chi connectivity index (χ2v) is 15.4. The standard InChI is InChI=1S/C47H87NO5/c1-3-5-7-9-11-13-15-17-18-20-25-29-33-37-41-47(52)53-42-38-34-30-26-22-21-24-28-32-36-40-46(51)48-44(43-49)45(50)39-35-31-27-23-19-16-14-12-10-8-6-4-2/h9,11,15,17,35,39,44-45,49-50H,3-8,10,12-14,16,18-34,36-38,40-43H2,1-2H3,(H,48,51)/b11-9-,17-15-,39-35+. The maximum Gasteiger partial charge on any atom is 0.305 e. The van der Waals surface area contributed by atoms with E-state index in [0.29, 0.717) is 19.4 Å². The van der Waals surface area contributed by atoms with Crippen molar-refractivity contribution in [1.29, 1.82) is 0 Å². The number of aliphatic hydroxyl groups is 2. The summed E-state index contributed by atoms with van der Waals surface area (Å²) < 4.78 is 5.43. The van der Waals surface area contributed by atoms with Gasteiger partial charge in [0.05, 0.1) is 25.4 Å². The highest BCUT2D eigenvalue weighted by atomic mass is 16.5. The number of nitrogens with one attached hydrogen (secondary N) is 1. The van der Waals surface area contributed by atoms with Gasteiger partial charge in [-0.15, -0.1) is 0 Å². The van der Waals surface area contributed by atoms with Gasteiger partial charge in [0.25, 0.3) is 0 Å². The summed E-state index contributed by atoms with van der Waals surface area (Å²) in [6.07, 6.45) is 49.8. The summed E-state index contributed by atoms with van der Waals surface area (Å²) in [5, 5.41) is 22.9. The minimum atomic E-state index is -0.858. The van der Waals surface area contributed by atoms with Crippen LogP contribution in [0.1, 0.15) is 226 Å². The number of hydrogen-bond donors (Lipinski definition) is 3. The van der Waals surface area contributed by atoms with E-state index in [0.717, 1.165) is 70.6 Å². The van der Waals surface area contributed by atoms with Crippen molar-refractivity contribution in [3.05, 3.63) is 36.5 Å². The van der Waals surface area contributed by atoms with E-state index in [4.69, 9.17) is 4.74 Å². The minimum absolute atomic E-state index is 0.0367. The molecule has 310 valence electrons. The van der Waals surface area contributed by atoms with E-state index in [1.807, 2.05) is 6.08 Å². The lowest BCUT2D eigenvalue weighted by Crippen LogP contribution is -2.45. The normalized spacial score (nSPS) is 13.1. The number of rotatable bonds is 41. The molecule has 0 aromatic heterocycles.